The van der Waals surface area contributed by atoms with Gasteiger partial charge in [0.05, 0.1) is 19.6 Å². The van der Waals surface area contributed by atoms with E-state index in [9.17, 15) is 9.59 Å². The first-order valence-corrected chi connectivity index (χ1v) is 9.99. The minimum Gasteiger partial charge on any atom is -0.494 e. The van der Waals surface area contributed by atoms with E-state index in [1.54, 1.807) is 24.3 Å². The van der Waals surface area contributed by atoms with Crippen LogP contribution in [-0.2, 0) is 27.2 Å². The van der Waals surface area contributed by atoms with E-state index in [1.165, 1.54) is 0 Å². The van der Waals surface area contributed by atoms with Gasteiger partial charge in [-0.25, -0.2) is 0 Å². The van der Waals surface area contributed by atoms with E-state index in [4.69, 9.17) is 14.2 Å². The summed E-state index contributed by atoms with van der Waals surface area (Å²) in [6, 6.07) is 13.1. The van der Waals surface area contributed by atoms with Crippen molar-refractivity contribution in [1.82, 2.24) is 0 Å². The molecule has 0 heterocycles. The maximum atomic E-state index is 12.2. The van der Waals surface area contributed by atoms with Crippen molar-refractivity contribution in [1.29, 1.82) is 0 Å². The summed E-state index contributed by atoms with van der Waals surface area (Å²) in [7, 11) is 0. The van der Waals surface area contributed by atoms with Gasteiger partial charge in [-0.05, 0) is 55.2 Å². The predicted octanol–water partition coefficient (Wildman–Crippen LogP) is 4.16. The quantitative estimate of drug-likeness (QED) is 0.574. The average molecular weight is 399 g/mol. The van der Waals surface area contributed by atoms with Crippen LogP contribution in [0.15, 0.2) is 42.5 Å². The van der Waals surface area contributed by atoms with Crippen LogP contribution in [0.5, 0.6) is 11.5 Å². The van der Waals surface area contributed by atoms with E-state index in [0.29, 0.717) is 12.4 Å². The molecule has 6 nitrogen and oxygen atoms in total. The van der Waals surface area contributed by atoms with Crippen molar-refractivity contribution in [2.24, 2.45) is 0 Å². The Morgan fingerprint density at radius 3 is 2.00 bits per heavy atom. The van der Waals surface area contributed by atoms with Crippen molar-refractivity contribution < 1.29 is 23.8 Å². The molecule has 0 aliphatic heterocycles. The lowest BCUT2D eigenvalue weighted by Crippen LogP contribution is -2.23. The van der Waals surface area contributed by atoms with Crippen molar-refractivity contribution in [3.8, 4) is 11.5 Å². The molecule has 2 aromatic carbocycles. The summed E-state index contributed by atoms with van der Waals surface area (Å²) in [5.41, 5.74) is 2.94. The molecule has 0 saturated heterocycles. The van der Waals surface area contributed by atoms with Crippen LogP contribution in [-0.4, -0.2) is 31.7 Å². The highest BCUT2D eigenvalue weighted by Crippen LogP contribution is 2.22. The molecular weight excluding hydrogens is 370 g/mol. The third-order valence-corrected chi connectivity index (χ3v) is 4.34. The summed E-state index contributed by atoms with van der Waals surface area (Å²) in [5, 5.41) is 2.87. The molecule has 1 N–H and O–H groups in total. The first kappa shape index (κ1) is 22.3. The van der Waals surface area contributed by atoms with Gasteiger partial charge in [-0.2, -0.15) is 0 Å². The Bertz CT molecular complexity index is 779. The number of esters is 1. The van der Waals surface area contributed by atoms with Crippen LogP contribution in [0.4, 0.5) is 5.69 Å². The molecule has 0 saturated carbocycles. The third-order valence-electron chi connectivity index (χ3n) is 4.34. The molecular formula is C23H29NO5. The molecule has 0 aliphatic rings. The fraction of sp³-hybridized carbons (Fsp3) is 0.391. The highest BCUT2D eigenvalue weighted by atomic mass is 16.5. The Kier molecular flexibility index (Phi) is 9.02. The zero-order valence-electron chi connectivity index (χ0n) is 17.3. The molecule has 0 bridgehead atoms. The lowest BCUT2D eigenvalue weighted by atomic mass is 10.0. The zero-order chi connectivity index (χ0) is 21.1. The highest BCUT2D eigenvalue weighted by Gasteiger charge is 2.12. The van der Waals surface area contributed by atoms with Crippen LogP contribution in [0.3, 0.4) is 0 Å². The second kappa shape index (κ2) is 11.7. The van der Waals surface area contributed by atoms with E-state index >= 15 is 0 Å². The Morgan fingerprint density at radius 1 is 0.862 bits per heavy atom. The summed E-state index contributed by atoms with van der Waals surface area (Å²) in [5.74, 6) is 0.579. The summed E-state index contributed by atoms with van der Waals surface area (Å²) >= 11 is 0. The normalized spacial score (nSPS) is 10.3. The monoisotopic (exact) mass is 399 g/mol. The number of hydrogen-bond acceptors (Lipinski definition) is 5. The molecule has 0 fully saturated rings. The molecule has 0 radical (unpaired) electrons. The van der Waals surface area contributed by atoms with Crippen molar-refractivity contribution in [3.05, 3.63) is 53.6 Å². The number of ether oxygens (including phenoxy) is 3. The minimum absolute atomic E-state index is 0.0618. The maximum Gasteiger partial charge on any atom is 0.309 e. The van der Waals surface area contributed by atoms with E-state index < -0.39 is 5.97 Å². The molecule has 2 aromatic rings. The molecule has 6 heteroatoms. The largest absolute Gasteiger partial charge is 0.494 e. The highest BCUT2D eigenvalue weighted by molar-refractivity contribution is 5.94. The van der Waals surface area contributed by atoms with Gasteiger partial charge in [-0.3, -0.25) is 9.59 Å². The molecule has 0 aromatic heterocycles. The molecule has 1 amide bonds. The number of hydrogen-bond donors (Lipinski definition) is 1. The standard InChI is InChI=1S/C23H29NO5/c1-4-17-8-7-9-18(5-2)23(17)24-21(25)16-29-22(26)14-15-28-20-12-10-19(11-13-20)27-6-3/h7-13H,4-6,14-16H2,1-3H3,(H,24,25). The molecule has 0 atom stereocenters. The topological polar surface area (TPSA) is 73.9 Å². The Balaban J connectivity index is 1.74. The van der Waals surface area contributed by atoms with Crippen LogP contribution in [0.2, 0.25) is 0 Å². The van der Waals surface area contributed by atoms with Crippen molar-refractivity contribution in [2.45, 2.75) is 40.0 Å². The van der Waals surface area contributed by atoms with Crippen LogP contribution in [0, 0.1) is 0 Å². The number of amides is 1. The maximum absolute atomic E-state index is 12.2. The van der Waals surface area contributed by atoms with Gasteiger partial charge in [0.1, 0.15) is 11.5 Å². The molecule has 0 unspecified atom stereocenters. The van der Waals surface area contributed by atoms with Crippen LogP contribution >= 0.6 is 0 Å². The molecule has 2 rings (SSSR count). The van der Waals surface area contributed by atoms with Gasteiger partial charge in [0, 0.05) is 5.69 Å². The van der Waals surface area contributed by atoms with E-state index in [-0.39, 0.29) is 25.5 Å². The van der Waals surface area contributed by atoms with E-state index in [0.717, 1.165) is 35.4 Å². The molecule has 0 aliphatic carbocycles. The number of benzene rings is 2. The smallest absolute Gasteiger partial charge is 0.309 e. The second-order valence-electron chi connectivity index (χ2n) is 6.37. The minimum atomic E-state index is -0.481. The number of nitrogens with one attached hydrogen (secondary N) is 1. The Labute approximate surface area is 172 Å². The average Bonchev–Trinajstić information content (AvgIpc) is 2.74. The van der Waals surface area contributed by atoms with E-state index in [2.05, 4.69) is 5.32 Å². The van der Waals surface area contributed by atoms with Crippen LogP contribution in [0.1, 0.15) is 38.3 Å². The fourth-order valence-electron chi connectivity index (χ4n) is 2.85. The predicted molar refractivity (Wildman–Crippen MR) is 113 cm³/mol. The number of rotatable bonds is 11. The van der Waals surface area contributed by atoms with Gasteiger partial charge in [0.25, 0.3) is 5.91 Å². The van der Waals surface area contributed by atoms with Gasteiger partial charge in [0.15, 0.2) is 6.61 Å². The Hall–Kier alpha value is -3.02. The number of carbonyl (C=O) groups is 2. The van der Waals surface area contributed by atoms with Crippen molar-refractivity contribution >= 4 is 17.6 Å². The molecule has 156 valence electrons. The van der Waals surface area contributed by atoms with Crippen molar-refractivity contribution in [3.63, 3.8) is 0 Å². The fourth-order valence-corrected chi connectivity index (χ4v) is 2.85. The van der Waals surface area contributed by atoms with Gasteiger partial charge >= 0.3 is 5.97 Å². The molecule has 29 heavy (non-hydrogen) atoms. The first-order valence-electron chi connectivity index (χ1n) is 9.99. The number of para-hydroxylation sites is 1. The van der Waals surface area contributed by atoms with Gasteiger partial charge < -0.3 is 19.5 Å². The summed E-state index contributed by atoms with van der Waals surface area (Å²) in [6.07, 6.45) is 1.69. The number of aryl methyl sites for hydroxylation is 2. The third kappa shape index (κ3) is 7.14. The van der Waals surface area contributed by atoms with Crippen LogP contribution in [0.25, 0.3) is 0 Å². The van der Waals surface area contributed by atoms with Crippen LogP contribution < -0.4 is 14.8 Å². The second-order valence-corrected chi connectivity index (χ2v) is 6.37. The number of carbonyl (C=O) groups excluding carboxylic acids is 2. The first-order chi connectivity index (χ1) is 14.1. The van der Waals surface area contributed by atoms with Crippen molar-refractivity contribution in [2.75, 3.05) is 25.1 Å². The lowest BCUT2D eigenvalue weighted by Gasteiger charge is -2.14. The van der Waals surface area contributed by atoms with E-state index in [1.807, 2.05) is 39.0 Å². The van der Waals surface area contributed by atoms with Gasteiger partial charge in [-0.15, -0.1) is 0 Å². The summed E-state index contributed by atoms with van der Waals surface area (Å²) < 4.78 is 15.9. The zero-order valence-corrected chi connectivity index (χ0v) is 17.3. The van der Waals surface area contributed by atoms with Gasteiger partial charge in [-0.1, -0.05) is 32.0 Å². The lowest BCUT2D eigenvalue weighted by molar-refractivity contribution is -0.147. The van der Waals surface area contributed by atoms with Gasteiger partial charge in [0.2, 0.25) is 0 Å². The SMILES string of the molecule is CCOc1ccc(OCCC(=O)OCC(=O)Nc2c(CC)cccc2CC)cc1. The summed E-state index contributed by atoms with van der Waals surface area (Å²) in [6.45, 7) is 6.45. The Morgan fingerprint density at radius 2 is 1.45 bits per heavy atom. The number of anilines is 1. The summed E-state index contributed by atoms with van der Waals surface area (Å²) in [4.78, 5) is 24.1. The molecule has 0 spiro atoms.